The zero-order valence-electron chi connectivity index (χ0n) is 36.9. The first-order valence-electron chi connectivity index (χ1n) is 23.2. The van der Waals surface area contributed by atoms with Crippen LogP contribution in [0.25, 0.3) is 0 Å². The Balaban J connectivity index is 4.19. The van der Waals surface area contributed by atoms with Gasteiger partial charge in [0.1, 0.15) is 12.1 Å². The Labute approximate surface area is 354 Å². The lowest BCUT2D eigenvalue weighted by molar-refractivity contribution is -0.154. The van der Waals surface area contributed by atoms with E-state index in [4.69, 9.17) is 29.4 Å². The minimum atomic E-state index is -4.62. The molecule has 0 saturated carbocycles. The van der Waals surface area contributed by atoms with Gasteiger partial charge in [0.2, 0.25) is 0 Å². The molecule has 0 spiro atoms. The Morgan fingerprint density at radius 1 is 0.552 bits per heavy atom. The van der Waals surface area contributed by atoms with E-state index in [1.165, 1.54) is 109 Å². The standard InChI is InChI=1S/C47H86NO9P/c1-3-5-7-9-11-13-15-17-18-19-20-21-22-23-24-25-26-27-29-31-33-35-37-39-46(49)57-44(42-55-58(52,53)56-43-45(48)47(50)51)41-54-40-38-36-34-32-30-28-16-14-12-10-8-6-4-2/h12,14-15,17,19-20,22-23,44-45H,3-11,13,16,18,21,24-43,48H2,1-2H3,(H,50,51)(H,52,53)/b14-12-,17-15-,20-19-,23-22-. The third-order valence-corrected chi connectivity index (χ3v) is 10.8. The quantitative estimate of drug-likeness (QED) is 0.0234. The third kappa shape index (κ3) is 42.1. The number of esters is 1. The van der Waals surface area contributed by atoms with E-state index in [1.807, 2.05) is 0 Å². The highest BCUT2D eigenvalue weighted by molar-refractivity contribution is 7.47. The molecule has 338 valence electrons. The SMILES string of the molecule is CCCCC/C=C\CCCCCCCCOCC(COP(=O)(O)OCC(N)C(=O)O)OC(=O)CCCCCCCCCC/C=C\C/C=C\C/C=C\CCCCCCC. The lowest BCUT2D eigenvalue weighted by atomic mass is 10.1. The number of allylic oxidation sites excluding steroid dienone is 8. The Morgan fingerprint density at radius 2 is 0.948 bits per heavy atom. The minimum Gasteiger partial charge on any atom is -0.480 e. The van der Waals surface area contributed by atoms with Gasteiger partial charge in [-0.1, -0.05) is 165 Å². The first-order valence-corrected chi connectivity index (χ1v) is 24.7. The average molecular weight is 840 g/mol. The van der Waals surface area contributed by atoms with Crippen LogP contribution in [0.2, 0.25) is 0 Å². The minimum absolute atomic E-state index is 0.00896. The Morgan fingerprint density at radius 3 is 1.47 bits per heavy atom. The van der Waals surface area contributed by atoms with Crippen molar-refractivity contribution in [3.8, 4) is 0 Å². The zero-order valence-corrected chi connectivity index (χ0v) is 37.8. The summed E-state index contributed by atoms with van der Waals surface area (Å²) in [5.74, 6) is -1.79. The molecule has 11 heteroatoms. The Kier molecular flexibility index (Phi) is 41.5. The van der Waals surface area contributed by atoms with Crippen LogP contribution in [0.1, 0.15) is 200 Å². The number of phosphoric acid groups is 1. The van der Waals surface area contributed by atoms with E-state index in [1.54, 1.807) is 0 Å². The predicted octanol–water partition coefficient (Wildman–Crippen LogP) is 13.0. The van der Waals surface area contributed by atoms with Crippen LogP contribution < -0.4 is 5.73 Å². The van der Waals surface area contributed by atoms with Crippen LogP contribution in [-0.4, -0.2) is 60.5 Å². The van der Waals surface area contributed by atoms with Gasteiger partial charge in [-0.15, -0.1) is 0 Å². The smallest absolute Gasteiger partial charge is 0.472 e. The van der Waals surface area contributed by atoms with Gasteiger partial charge >= 0.3 is 19.8 Å². The van der Waals surface area contributed by atoms with Crippen molar-refractivity contribution in [2.24, 2.45) is 5.73 Å². The number of carbonyl (C=O) groups excluding carboxylic acids is 1. The van der Waals surface area contributed by atoms with Gasteiger partial charge in [-0.05, 0) is 77.0 Å². The number of hydrogen-bond acceptors (Lipinski definition) is 8. The fourth-order valence-corrected chi connectivity index (χ4v) is 6.97. The number of nitrogens with two attached hydrogens (primary N) is 1. The zero-order chi connectivity index (χ0) is 42.6. The Bertz CT molecular complexity index is 1110. The van der Waals surface area contributed by atoms with E-state index in [-0.39, 0.29) is 13.0 Å². The number of rotatable bonds is 44. The van der Waals surface area contributed by atoms with Crippen molar-refractivity contribution < 1.29 is 42.7 Å². The molecule has 0 aliphatic carbocycles. The van der Waals surface area contributed by atoms with Gasteiger partial charge in [-0.3, -0.25) is 18.6 Å². The summed E-state index contributed by atoms with van der Waals surface area (Å²) in [5, 5.41) is 8.90. The number of carboxylic acid groups (broad SMARTS) is 1. The normalized spacial score (nSPS) is 14.3. The summed E-state index contributed by atoms with van der Waals surface area (Å²) in [7, 11) is -4.62. The molecule has 0 rings (SSSR count). The molecule has 0 bridgehead atoms. The molecule has 0 aliphatic rings. The van der Waals surface area contributed by atoms with Gasteiger partial charge < -0.3 is 25.2 Å². The van der Waals surface area contributed by atoms with E-state index in [0.29, 0.717) is 13.0 Å². The van der Waals surface area contributed by atoms with E-state index in [9.17, 15) is 19.0 Å². The monoisotopic (exact) mass is 840 g/mol. The number of carboxylic acids is 1. The Hall–Kier alpha value is -2.07. The van der Waals surface area contributed by atoms with E-state index >= 15 is 0 Å². The molecule has 3 unspecified atom stereocenters. The molecule has 10 nitrogen and oxygen atoms in total. The van der Waals surface area contributed by atoms with Gasteiger partial charge in [0.25, 0.3) is 0 Å². The van der Waals surface area contributed by atoms with Crippen LogP contribution in [0.15, 0.2) is 48.6 Å². The fourth-order valence-electron chi connectivity index (χ4n) is 6.19. The molecule has 4 N–H and O–H groups in total. The summed E-state index contributed by atoms with van der Waals surface area (Å²) in [6.45, 7) is 3.83. The molecule has 0 saturated heterocycles. The lowest BCUT2D eigenvalue weighted by Crippen LogP contribution is -2.34. The van der Waals surface area contributed by atoms with Crippen molar-refractivity contribution in [3.63, 3.8) is 0 Å². The second-order valence-electron chi connectivity index (χ2n) is 15.5. The molecule has 0 fully saturated rings. The summed E-state index contributed by atoms with van der Waals surface area (Å²) in [5.41, 5.74) is 5.36. The predicted molar refractivity (Wildman–Crippen MR) is 240 cm³/mol. The van der Waals surface area contributed by atoms with Crippen LogP contribution in [0.5, 0.6) is 0 Å². The molecule has 3 atom stereocenters. The van der Waals surface area contributed by atoms with Crippen LogP contribution in [-0.2, 0) is 32.7 Å². The first-order chi connectivity index (χ1) is 28.2. The molecule has 0 aromatic heterocycles. The van der Waals surface area contributed by atoms with Crippen molar-refractivity contribution in [3.05, 3.63) is 48.6 Å². The first kappa shape index (κ1) is 55.9. The highest BCUT2D eigenvalue weighted by atomic mass is 31.2. The molecule has 0 heterocycles. The van der Waals surface area contributed by atoms with E-state index < -0.39 is 45.1 Å². The van der Waals surface area contributed by atoms with Crippen molar-refractivity contribution in [2.45, 2.75) is 212 Å². The highest BCUT2D eigenvalue weighted by Gasteiger charge is 2.27. The fraction of sp³-hybridized carbons (Fsp3) is 0.787. The maximum atomic E-state index is 12.7. The number of unbranched alkanes of at least 4 members (excludes halogenated alkanes) is 22. The van der Waals surface area contributed by atoms with Gasteiger partial charge in [0.05, 0.1) is 19.8 Å². The second kappa shape index (κ2) is 43.0. The van der Waals surface area contributed by atoms with Crippen LogP contribution in [0, 0.1) is 0 Å². The maximum Gasteiger partial charge on any atom is 0.472 e. The van der Waals surface area contributed by atoms with Gasteiger partial charge in [0.15, 0.2) is 0 Å². The third-order valence-electron chi connectivity index (χ3n) is 9.83. The second-order valence-corrected chi connectivity index (χ2v) is 17.0. The molecule has 58 heavy (non-hydrogen) atoms. The summed E-state index contributed by atoms with van der Waals surface area (Å²) < 4.78 is 33.4. The summed E-state index contributed by atoms with van der Waals surface area (Å²) >= 11 is 0. The van der Waals surface area contributed by atoms with Crippen molar-refractivity contribution in [1.29, 1.82) is 0 Å². The molecular weight excluding hydrogens is 753 g/mol. The molecule has 0 aromatic rings. The van der Waals surface area contributed by atoms with Crippen LogP contribution in [0.3, 0.4) is 0 Å². The van der Waals surface area contributed by atoms with Crippen molar-refractivity contribution >= 4 is 19.8 Å². The summed E-state index contributed by atoms with van der Waals surface area (Å²) in [6, 6.07) is -1.48. The number of phosphoric ester groups is 1. The maximum absolute atomic E-state index is 12.7. The average Bonchev–Trinajstić information content (AvgIpc) is 3.20. The van der Waals surface area contributed by atoms with E-state index in [0.717, 1.165) is 64.2 Å². The number of hydrogen-bond donors (Lipinski definition) is 3. The van der Waals surface area contributed by atoms with Crippen molar-refractivity contribution in [1.82, 2.24) is 0 Å². The summed E-state index contributed by atoms with van der Waals surface area (Å²) in [6.07, 6.45) is 50.2. The highest BCUT2D eigenvalue weighted by Crippen LogP contribution is 2.43. The van der Waals surface area contributed by atoms with Crippen LogP contribution in [0.4, 0.5) is 0 Å². The topological polar surface area (TPSA) is 155 Å². The molecule has 0 amide bonds. The van der Waals surface area contributed by atoms with E-state index in [2.05, 4.69) is 62.5 Å². The molecule has 0 aliphatic heterocycles. The molecular formula is C47H86NO9P. The lowest BCUT2D eigenvalue weighted by Gasteiger charge is -2.20. The molecule has 0 radical (unpaired) electrons. The van der Waals surface area contributed by atoms with Gasteiger partial charge in [-0.25, -0.2) is 4.57 Å². The van der Waals surface area contributed by atoms with Gasteiger partial charge in [0, 0.05) is 13.0 Å². The van der Waals surface area contributed by atoms with Gasteiger partial charge in [-0.2, -0.15) is 0 Å². The number of aliphatic carboxylic acids is 1. The largest absolute Gasteiger partial charge is 0.480 e. The number of carbonyl (C=O) groups is 2. The van der Waals surface area contributed by atoms with Crippen molar-refractivity contribution in [2.75, 3.05) is 26.4 Å². The summed E-state index contributed by atoms with van der Waals surface area (Å²) in [4.78, 5) is 33.6. The van der Waals surface area contributed by atoms with Crippen LogP contribution >= 0.6 is 7.82 Å². The molecule has 0 aromatic carbocycles. The number of ether oxygens (including phenoxy) is 2.